The number of piperidine rings is 1. The van der Waals surface area contributed by atoms with Crippen LogP contribution in [-0.4, -0.2) is 78.7 Å². The number of amides is 3. The maximum Gasteiger partial charge on any atom is 0.410 e. The molecule has 2 heterocycles. The van der Waals surface area contributed by atoms with Crippen molar-refractivity contribution in [3.63, 3.8) is 0 Å². The van der Waals surface area contributed by atoms with Gasteiger partial charge in [0.2, 0.25) is 11.8 Å². The lowest BCUT2D eigenvalue weighted by Gasteiger charge is -2.34. The number of unbranched alkanes of at least 4 members (excludes halogenated alkanes) is 1. The molecule has 0 bridgehead atoms. The van der Waals surface area contributed by atoms with Gasteiger partial charge in [0.25, 0.3) is 0 Å². The highest BCUT2D eigenvalue weighted by molar-refractivity contribution is 6.00. The van der Waals surface area contributed by atoms with Crippen LogP contribution in [0.1, 0.15) is 61.6 Å². The van der Waals surface area contributed by atoms with Crippen LogP contribution in [0.25, 0.3) is 11.1 Å². The molecule has 3 aliphatic rings. The number of carbonyl (C=O) groups is 3. The van der Waals surface area contributed by atoms with Crippen LogP contribution in [0, 0.1) is 0 Å². The zero-order valence-corrected chi connectivity index (χ0v) is 27.5. The minimum Gasteiger partial charge on any atom is -0.445 e. The molecule has 6 rings (SSSR count). The van der Waals surface area contributed by atoms with Gasteiger partial charge in [0.1, 0.15) is 24.6 Å². The second kappa shape index (κ2) is 15.0. The molecular weight excluding hydrogens is 633 g/mol. The molecule has 1 atom stereocenters. The van der Waals surface area contributed by atoms with E-state index in [9.17, 15) is 27.6 Å². The van der Waals surface area contributed by atoms with Crippen molar-refractivity contribution in [3.8, 4) is 11.1 Å². The lowest BCUT2D eigenvalue weighted by atomic mass is 9.73. The fourth-order valence-electron chi connectivity index (χ4n) is 7.67. The molecule has 0 saturated carbocycles. The quantitative estimate of drug-likeness (QED) is 0.237. The van der Waals surface area contributed by atoms with Crippen LogP contribution in [0.15, 0.2) is 78.9 Å². The van der Waals surface area contributed by atoms with Gasteiger partial charge < -0.3 is 20.3 Å². The summed E-state index contributed by atoms with van der Waals surface area (Å²) in [5.74, 6) is -0.761. The van der Waals surface area contributed by atoms with Crippen molar-refractivity contribution in [1.29, 1.82) is 0 Å². The molecule has 3 amide bonds. The van der Waals surface area contributed by atoms with E-state index in [1.807, 2.05) is 78.9 Å². The Morgan fingerprint density at radius 2 is 1.45 bits per heavy atom. The smallest absolute Gasteiger partial charge is 0.410 e. The Balaban J connectivity index is 0.997. The van der Waals surface area contributed by atoms with Gasteiger partial charge in [-0.05, 0) is 72.9 Å². The molecule has 3 aromatic carbocycles. The minimum atomic E-state index is -4.51. The fourth-order valence-corrected chi connectivity index (χ4v) is 7.67. The molecule has 2 fully saturated rings. The Kier molecular flexibility index (Phi) is 10.6. The van der Waals surface area contributed by atoms with E-state index >= 15 is 0 Å². The third kappa shape index (κ3) is 7.77. The van der Waals surface area contributed by atoms with Gasteiger partial charge in [0.05, 0.1) is 0 Å². The summed E-state index contributed by atoms with van der Waals surface area (Å²) in [5, 5.41) is 5.37. The van der Waals surface area contributed by atoms with Gasteiger partial charge in [0.15, 0.2) is 0 Å². The maximum absolute atomic E-state index is 13.7. The number of nitrogens with one attached hydrogen (secondary N) is 2. The predicted octanol–water partition coefficient (Wildman–Crippen LogP) is 6.18. The third-order valence-electron chi connectivity index (χ3n) is 10.1. The summed E-state index contributed by atoms with van der Waals surface area (Å²) in [7, 11) is 0. The van der Waals surface area contributed by atoms with Crippen LogP contribution in [-0.2, 0) is 26.3 Å². The first-order valence-electron chi connectivity index (χ1n) is 17.2. The molecule has 3 aromatic rings. The van der Waals surface area contributed by atoms with Gasteiger partial charge in [-0.3, -0.25) is 14.5 Å². The van der Waals surface area contributed by atoms with Crippen LogP contribution >= 0.6 is 0 Å². The number of fused-ring (bicyclic) bond motifs is 3. The first-order chi connectivity index (χ1) is 23.7. The molecule has 11 heteroatoms. The van der Waals surface area contributed by atoms with Crippen LogP contribution in [0.4, 0.5) is 18.0 Å². The van der Waals surface area contributed by atoms with Crippen molar-refractivity contribution in [2.24, 2.45) is 0 Å². The summed E-state index contributed by atoms with van der Waals surface area (Å²) >= 11 is 0. The second-order valence-electron chi connectivity index (χ2n) is 13.3. The van der Waals surface area contributed by atoms with Crippen molar-refractivity contribution >= 4 is 17.9 Å². The number of hydrogen-bond acceptors (Lipinski definition) is 5. The van der Waals surface area contributed by atoms with Crippen LogP contribution in [0.2, 0.25) is 0 Å². The van der Waals surface area contributed by atoms with Crippen molar-refractivity contribution in [3.05, 3.63) is 95.6 Å². The van der Waals surface area contributed by atoms with Crippen LogP contribution in [0.5, 0.6) is 0 Å². The zero-order valence-electron chi connectivity index (χ0n) is 27.5. The number of ether oxygens (including phenoxy) is 1. The molecule has 8 nitrogen and oxygen atoms in total. The Labute approximate surface area is 285 Å². The van der Waals surface area contributed by atoms with Crippen molar-refractivity contribution in [1.82, 2.24) is 20.4 Å². The molecule has 0 spiro atoms. The molecule has 49 heavy (non-hydrogen) atoms. The molecule has 2 aliphatic heterocycles. The number of carbonyl (C=O) groups excluding carboxylic acids is 3. The monoisotopic (exact) mass is 676 g/mol. The minimum absolute atomic E-state index is 0.0126. The highest BCUT2D eigenvalue weighted by Gasteiger charge is 2.49. The highest BCUT2D eigenvalue weighted by Crippen LogP contribution is 2.51. The predicted molar refractivity (Wildman–Crippen MR) is 180 cm³/mol. The number of benzene rings is 3. The third-order valence-corrected chi connectivity index (χ3v) is 10.1. The van der Waals surface area contributed by atoms with Crippen molar-refractivity contribution in [2.75, 3.05) is 32.7 Å². The summed E-state index contributed by atoms with van der Waals surface area (Å²) in [6.45, 7) is 1.65. The van der Waals surface area contributed by atoms with E-state index < -0.39 is 36.2 Å². The molecule has 260 valence electrons. The van der Waals surface area contributed by atoms with E-state index in [-0.39, 0.29) is 18.6 Å². The van der Waals surface area contributed by atoms with Crippen molar-refractivity contribution in [2.45, 2.75) is 75.2 Å². The number of rotatable bonds is 11. The lowest BCUT2D eigenvalue weighted by Crippen LogP contribution is -2.51. The van der Waals surface area contributed by atoms with Crippen LogP contribution in [0.3, 0.4) is 0 Å². The van der Waals surface area contributed by atoms with E-state index in [2.05, 4.69) is 15.5 Å². The van der Waals surface area contributed by atoms with E-state index in [1.165, 1.54) is 4.90 Å². The Hall–Kier alpha value is -4.38. The first kappa shape index (κ1) is 34.5. The molecule has 2 N–H and O–H groups in total. The standard InChI is InChI=1S/C38H43F3N4O4/c39-38(40,41)26-42-35(47)37(31-15-6-4-13-29(31)30-14-5-7-16-32(30)37)20-8-9-21-44-23-18-28(19-24-44)43-34(46)33-17-10-22-45(33)36(48)49-25-27-11-2-1-3-12-27/h1-7,11-16,28,33H,8-10,17-26H2,(H,42,47)(H,43,46)/t33-/m0/s1. The van der Waals surface area contributed by atoms with Crippen LogP contribution < -0.4 is 10.6 Å². The topological polar surface area (TPSA) is 91.0 Å². The highest BCUT2D eigenvalue weighted by atomic mass is 19.4. The number of alkyl halides is 3. The lowest BCUT2D eigenvalue weighted by molar-refractivity contribution is -0.141. The molecular formula is C38H43F3N4O4. The SMILES string of the molecule is O=C(NC1CCN(CCCCC2(C(=O)NCC(F)(F)F)c3ccccc3-c3ccccc32)CC1)[C@@H]1CCCN1C(=O)OCc1ccccc1. The summed E-state index contributed by atoms with van der Waals surface area (Å²) in [6.07, 6.45) is -0.249. The Morgan fingerprint density at radius 1 is 0.816 bits per heavy atom. The van der Waals surface area contributed by atoms with Crippen molar-refractivity contribution < 1.29 is 32.3 Å². The summed E-state index contributed by atoms with van der Waals surface area (Å²) < 4.78 is 45.0. The van der Waals surface area contributed by atoms with Gasteiger partial charge >= 0.3 is 12.3 Å². The summed E-state index contributed by atoms with van der Waals surface area (Å²) in [5.41, 5.74) is 2.96. The Morgan fingerprint density at radius 3 is 2.10 bits per heavy atom. The molecule has 0 unspecified atom stereocenters. The summed E-state index contributed by atoms with van der Waals surface area (Å²) in [6, 6.07) is 23.9. The number of nitrogens with zero attached hydrogens (tertiary/aromatic N) is 2. The number of hydrogen-bond donors (Lipinski definition) is 2. The van der Waals surface area contributed by atoms with E-state index in [0.717, 1.165) is 73.1 Å². The average Bonchev–Trinajstić information content (AvgIpc) is 3.72. The average molecular weight is 677 g/mol. The van der Waals surface area contributed by atoms with E-state index in [4.69, 9.17) is 4.74 Å². The number of likely N-dealkylation sites (tertiary alicyclic amines) is 2. The Bertz CT molecular complexity index is 1580. The van der Waals surface area contributed by atoms with E-state index in [1.54, 1.807) is 0 Å². The normalized spacial score (nSPS) is 18.8. The molecule has 2 saturated heterocycles. The zero-order chi connectivity index (χ0) is 34.4. The van der Waals surface area contributed by atoms with Gasteiger partial charge in [-0.1, -0.05) is 85.3 Å². The molecule has 1 aliphatic carbocycles. The van der Waals surface area contributed by atoms with Gasteiger partial charge in [-0.2, -0.15) is 13.2 Å². The fraction of sp³-hybridized carbons (Fsp3) is 0.447. The molecule has 0 aromatic heterocycles. The number of halogens is 3. The van der Waals surface area contributed by atoms with Gasteiger partial charge in [-0.25, -0.2) is 4.79 Å². The molecule has 0 radical (unpaired) electrons. The second-order valence-corrected chi connectivity index (χ2v) is 13.3. The van der Waals surface area contributed by atoms with Gasteiger partial charge in [-0.15, -0.1) is 0 Å². The summed E-state index contributed by atoms with van der Waals surface area (Å²) in [4.78, 5) is 43.6. The van der Waals surface area contributed by atoms with E-state index in [0.29, 0.717) is 25.8 Å². The maximum atomic E-state index is 13.7. The first-order valence-corrected chi connectivity index (χ1v) is 17.2. The van der Waals surface area contributed by atoms with Gasteiger partial charge in [0, 0.05) is 25.7 Å². The largest absolute Gasteiger partial charge is 0.445 e.